The topological polar surface area (TPSA) is 42.3 Å². The summed E-state index contributed by atoms with van der Waals surface area (Å²) in [6.07, 6.45) is 6.12. The zero-order valence-corrected chi connectivity index (χ0v) is 20.9. The van der Waals surface area contributed by atoms with Crippen molar-refractivity contribution in [2.75, 3.05) is 6.54 Å². The highest BCUT2D eigenvalue weighted by Crippen LogP contribution is 2.35. The first kappa shape index (κ1) is 24.1. The minimum atomic E-state index is -0.250. The second-order valence-electron chi connectivity index (χ2n) is 8.89. The van der Waals surface area contributed by atoms with Crippen LogP contribution >= 0.6 is 11.8 Å². The molecule has 0 aliphatic carbocycles. The molecule has 1 saturated heterocycles. The molecule has 2 amide bonds. The van der Waals surface area contributed by atoms with Gasteiger partial charge in [0.1, 0.15) is 5.82 Å². The van der Waals surface area contributed by atoms with Crippen LogP contribution in [0.1, 0.15) is 35.6 Å². The van der Waals surface area contributed by atoms with Crippen molar-refractivity contribution in [1.82, 2.24) is 9.47 Å². The number of halogens is 1. The molecule has 6 heteroatoms. The maximum Gasteiger partial charge on any atom is 0.293 e. The van der Waals surface area contributed by atoms with Crippen molar-refractivity contribution in [3.8, 4) is 0 Å². The van der Waals surface area contributed by atoms with E-state index in [1.807, 2.05) is 53.2 Å². The maximum absolute atomic E-state index is 14.4. The fourth-order valence-electron chi connectivity index (χ4n) is 4.72. The molecule has 4 aromatic rings. The molecular weight excluding hydrogens is 471 g/mol. The number of carbonyl (C=O) groups is 2. The van der Waals surface area contributed by atoms with Gasteiger partial charge in [0.25, 0.3) is 11.1 Å². The quantitative estimate of drug-likeness (QED) is 0.244. The van der Waals surface area contributed by atoms with E-state index in [2.05, 4.69) is 25.1 Å². The van der Waals surface area contributed by atoms with Gasteiger partial charge in [0, 0.05) is 29.3 Å². The molecular formula is C30H27FN2O2S. The number of hydrogen-bond donors (Lipinski definition) is 0. The molecule has 1 aliphatic rings. The number of rotatable bonds is 8. The fraction of sp³-hybridized carbons (Fsp3) is 0.200. The molecule has 36 heavy (non-hydrogen) atoms. The van der Waals surface area contributed by atoms with E-state index >= 15 is 0 Å². The van der Waals surface area contributed by atoms with Gasteiger partial charge >= 0.3 is 0 Å². The third-order valence-electron chi connectivity index (χ3n) is 6.54. The Hall–Kier alpha value is -3.64. The van der Waals surface area contributed by atoms with E-state index in [-0.39, 0.29) is 17.0 Å². The highest BCUT2D eigenvalue weighted by Gasteiger charge is 2.34. The number of amides is 2. The first-order valence-electron chi connectivity index (χ1n) is 12.2. The smallest absolute Gasteiger partial charge is 0.293 e. The van der Waals surface area contributed by atoms with E-state index in [1.54, 1.807) is 12.1 Å². The Bertz CT molecular complexity index is 1460. The second kappa shape index (κ2) is 10.5. The average Bonchev–Trinajstić information content (AvgIpc) is 3.37. The van der Waals surface area contributed by atoms with E-state index in [9.17, 15) is 14.0 Å². The molecule has 0 N–H and O–H groups in total. The summed E-state index contributed by atoms with van der Waals surface area (Å²) in [5.74, 6) is -0.494. The van der Waals surface area contributed by atoms with Crippen LogP contribution in [0.5, 0.6) is 0 Å². The minimum absolute atomic E-state index is 0.233. The summed E-state index contributed by atoms with van der Waals surface area (Å²) >= 11 is 0.986. The Morgan fingerprint density at radius 2 is 1.67 bits per heavy atom. The molecule has 1 aromatic heterocycles. The first-order valence-corrected chi connectivity index (χ1v) is 13.0. The lowest BCUT2D eigenvalue weighted by Gasteiger charge is -2.12. The lowest BCUT2D eigenvalue weighted by molar-refractivity contribution is -0.122. The molecule has 3 aromatic carbocycles. The van der Waals surface area contributed by atoms with Gasteiger partial charge in [-0.15, -0.1) is 0 Å². The molecule has 5 rings (SSSR count). The Morgan fingerprint density at radius 3 is 2.44 bits per heavy atom. The van der Waals surface area contributed by atoms with Crippen molar-refractivity contribution < 1.29 is 14.0 Å². The molecule has 0 spiro atoms. The molecule has 1 fully saturated rings. The number of thioether (sulfide) groups is 1. The summed E-state index contributed by atoms with van der Waals surface area (Å²) in [5.41, 5.74) is 4.82. The number of aryl methyl sites for hydroxylation is 2. The van der Waals surface area contributed by atoms with Crippen LogP contribution in [0.25, 0.3) is 17.0 Å². The molecule has 0 radical (unpaired) electrons. The molecule has 0 saturated carbocycles. The molecule has 1 aliphatic heterocycles. The van der Waals surface area contributed by atoms with Crippen LogP contribution in [0, 0.1) is 5.82 Å². The van der Waals surface area contributed by atoms with Gasteiger partial charge in [-0.25, -0.2) is 4.39 Å². The van der Waals surface area contributed by atoms with E-state index in [0.29, 0.717) is 23.6 Å². The SMILES string of the molecule is CCc1cccc2c(/C=C3\SC(=O)N(CCCc4ccccc4)C3=O)cn(Cc3ccccc3F)c12. The van der Waals surface area contributed by atoms with Crippen molar-refractivity contribution >= 4 is 39.9 Å². The summed E-state index contributed by atoms with van der Waals surface area (Å²) in [7, 11) is 0. The lowest BCUT2D eigenvalue weighted by atomic mass is 10.1. The van der Waals surface area contributed by atoms with Crippen LogP contribution in [0.3, 0.4) is 0 Å². The largest absolute Gasteiger partial charge is 0.342 e. The second-order valence-corrected chi connectivity index (χ2v) is 9.89. The van der Waals surface area contributed by atoms with Crippen molar-refractivity contribution in [1.29, 1.82) is 0 Å². The van der Waals surface area contributed by atoms with Crippen molar-refractivity contribution in [3.05, 3.63) is 112 Å². The van der Waals surface area contributed by atoms with E-state index < -0.39 is 0 Å². The van der Waals surface area contributed by atoms with Gasteiger partial charge in [-0.3, -0.25) is 14.5 Å². The van der Waals surface area contributed by atoms with Crippen molar-refractivity contribution in [3.63, 3.8) is 0 Å². The molecule has 0 unspecified atom stereocenters. The highest BCUT2D eigenvalue weighted by atomic mass is 32.2. The van der Waals surface area contributed by atoms with E-state index in [1.165, 1.54) is 16.5 Å². The fourth-order valence-corrected chi connectivity index (χ4v) is 5.58. The standard InChI is InChI=1S/C30H27FN2O2S/c1-2-22-14-8-15-25-24(20-32(28(22)25)19-23-13-6-7-16-26(23)31)18-27-29(34)33(30(35)36-27)17-9-12-21-10-4-3-5-11-21/h3-8,10-11,13-16,18,20H,2,9,12,17,19H2,1H3/b27-18-. The summed E-state index contributed by atoms with van der Waals surface area (Å²) in [5, 5.41) is 0.755. The predicted octanol–water partition coefficient (Wildman–Crippen LogP) is 7.06. The van der Waals surface area contributed by atoms with Gasteiger partial charge in [-0.2, -0.15) is 0 Å². The van der Waals surface area contributed by atoms with Gasteiger partial charge in [0.05, 0.1) is 17.0 Å². The Morgan fingerprint density at radius 1 is 0.917 bits per heavy atom. The van der Waals surface area contributed by atoms with Gasteiger partial charge < -0.3 is 4.57 Å². The van der Waals surface area contributed by atoms with Crippen molar-refractivity contribution in [2.45, 2.75) is 32.7 Å². The van der Waals surface area contributed by atoms with Crippen LogP contribution in [0.2, 0.25) is 0 Å². The summed E-state index contributed by atoms with van der Waals surface area (Å²) in [6, 6.07) is 22.9. The van der Waals surface area contributed by atoms with Crippen molar-refractivity contribution in [2.24, 2.45) is 0 Å². The predicted molar refractivity (Wildman–Crippen MR) is 144 cm³/mol. The average molecular weight is 499 g/mol. The summed E-state index contributed by atoms with van der Waals surface area (Å²) in [4.78, 5) is 27.5. The third kappa shape index (κ3) is 4.86. The third-order valence-corrected chi connectivity index (χ3v) is 7.45. The van der Waals surface area contributed by atoms with Gasteiger partial charge in [-0.05, 0) is 54.3 Å². The van der Waals surface area contributed by atoms with Gasteiger partial charge in [0.15, 0.2) is 0 Å². The van der Waals surface area contributed by atoms with Gasteiger partial charge in [0.2, 0.25) is 0 Å². The normalized spacial score (nSPS) is 14.9. The lowest BCUT2D eigenvalue weighted by Crippen LogP contribution is -2.29. The molecule has 182 valence electrons. The van der Waals surface area contributed by atoms with E-state index in [4.69, 9.17) is 0 Å². The number of nitrogens with zero attached hydrogens (tertiary/aromatic N) is 2. The molecule has 0 atom stereocenters. The number of aromatic nitrogens is 1. The van der Waals surface area contributed by atoms with Crippen LogP contribution in [0.15, 0.2) is 83.9 Å². The number of benzene rings is 3. The number of imide groups is 1. The van der Waals surface area contributed by atoms with Gasteiger partial charge in [-0.1, -0.05) is 73.7 Å². The number of hydrogen-bond acceptors (Lipinski definition) is 3. The van der Waals surface area contributed by atoms with Crippen LogP contribution in [-0.4, -0.2) is 27.2 Å². The maximum atomic E-state index is 14.4. The summed E-state index contributed by atoms with van der Waals surface area (Å²) < 4.78 is 16.5. The van der Waals surface area contributed by atoms with Crippen LogP contribution in [0.4, 0.5) is 9.18 Å². The first-order chi connectivity index (χ1) is 17.5. The Labute approximate surface area is 214 Å². The Kier molecular flexibility index (Phi) is 7.05. The summed E-state index contributed by atoms with van der Waals surface area (Å²) in [6.45, 7) is 2.87. The molecule has 4 nitrogen and oxygen atoms in total. The monoisotopic (exact) mass is 498 g/mol. The molecule has 0 bridgehead atoms. The minimum Gasteiger partial charge on any atom is -0.342 e. The highest BCUT2D eigenvalue weighted by molar-refractivity contribution is 8.18. The molecule has 2 heterocycles. The Balaban J connectivity index is 1.42. The number of carbonyl (C=O) groups excluding carboxylic acids is 2. The van der Waals surface area contributed by atoms with E-state index in [0.717, 1.165) is 53.1 Å². The van der Waals surface area contributed by atoms with Crippen LogP contribution in [-0.2, 0) is 24.2 Å². The zero-order chi connectivity index (χ0) is 25.1. The zero-order valence-electron chi connectivity index (χ0n) is 20.1. The van der Waals surface area contributed by atoms with Crippen LogP contribution < -0.4 is 0 Å². The number of para-hydroxylation sites is 1. The number of fused-ring (bicyclic) bond motifs is 1.